The molecule has 0 bridgehead atoms. The highest BCUT2D eigenvalue weighted by atomic mass is 16.5. The number of benzene rings is 2. The molecule has 0 radical (unpaired) electrons. The number of esters is 1. The van der Waals surface area contributed by atoms with E-state index in [2.05, 4.69) is 38.1 Å². The summed E-state index contributed by atoms with van der Waals surface area (Å²) in [6.45, 7) is 4.50. The molecule has 0 saturated heterocycles. The van der Waals surface area contributed by atoms with Gasteiger partial charge in [-0.3, -0.25) is 0 Å². The van der Waals surface area contributed by atoms with Crippen LogP contribution in [0, 0.1) is 5.92 Å². The predicted molar refractivity (Wildman–Crippen MR) is 112 cm³/mol. The van der Waals surface area contributed by atoms with Crippen LogP contribution in [-0.4, -0.2) is 5.97 Å². The molecule has 0 aromatic heterocycles. The highest BCUT2D eigenvalue weighted by Gasteiger charge is 2.20. The number of allylic oxidation sites excluding steroid dienone is 1. The Labute approximate surface area is 163 Å². The van der Waals surface area contributed by atoms with E-state index in [4.69, 9.17) is 4.74 Å². The molecule has 2 aromatic rings. The van der Waals surface area contributed by atoms with Crippen LogP contribution < -0.4 is 4.74 Å². The van der Waals surface area contributed by atoms with Crippen molar-refractivity contribution in [2.75, 3.05) is 0 Å². The fraction of sp³-hybridized carbons (Fsp3) is 0.400. The first-order valence-electron chi connectivity index (χ1n) is 10.2. The maximum absolute atomic E-state index is 12.4. The minimum Gasteiger partial charge on any atom is -0.423 e. The van der Waals surface area contributed by atoms with E-state index < -0.39 is 0 Å². The van der Waals surface area contributed by atoms with Gasteiger partial charge in [0, 0.05) is 0 Å². The van der Waals surface area contributed by atoms with Crippen molar-refractivity contribution in [3.05, 3.63) is 71.3 Å². The zero-order valence-electron chi connectivity index (χ0n) is 16.5. The van der Waals surface area contributed by atoms with Gasteiger partial charge in [-0.2, -0.15) is 0 Å². The Kier molecular flexibility index (Phi) is 6.86. The monoisotopic (exact) mass is 362 g/mol. The lowest BCUT2D eigenvalue weighted by atomic mass is 9.79. The molecule has 1 aliphatic carbocycles. The molecule has 2 nitrogen and oxygen atoms in total. The van der Waals surface area contributed by atoms with Gasteiger partial charge in [0.1, 0.15) is 5.75 Å². The van der Waals surface area contributed by atoms with Crippen LogP contribution in [0.5, 0.6) is 5.75 Å². The third-order valence-electron chi connectivity index (χ3n) is 5.49. The smallest absolute Gasteiger partial charge is 0.343 e. The molecule has 0 amide bonds. The van der Waals surface area contributed by atoms with Gasteiger partial charge in [0.05, 0.1) is 5.56 Å². The molecule has 1 saturated carbocycles. The first kappa shape index (κ1) is 19.4. The highest BCUT2D eigenvalue weighted by molar-refractivity contribution is 5.91. The molecular weight excluding hydrogens is 332 g/mol. The quantitative estimate of drug-likeness (QED) is 0.408. The molecule has 142 valence electrons. The fourth-order valence-corrected chi connectivity index (χ4v) is 3.68. The van der Waals surface area contributed by atoms with E-state index in [-0.39, 0.29) is 5.97 Å². The van der Waals surface area contributed by atoms with Crippen molar-refractivity contribution in [2.45, 2.75) is 58.3 Å². The number of hydrogen-bond acceptors (Lipinski definition) is 2. The number of carbonyl (C=O) groups is 1. The highest BCUT2D eigenvalue weighted by Crippen LogP contribution is 2.35. The van der Waals surface area contributed by atoms with Crippen molar-refractivity contribution in [3.63, 3.8) is 0 Å². The fourth-order valence-electron chi connectivity index (χ4n) is 3.68. The molecule has 2 aromatic carbocycles. The van der Waals surface area contributed by atoms with Crippen LogP contribution in [0.1, 0.15) is 79.8 Å². The summed E-state index contributed by atoms with van der Waals surface area (Å²) < 4.78 is 5.52. The molecule has 1 fully saturated rings. The molecule has 27 heavy (non-hydrogen) atoms. The van der Waals surface area contributed by atoms with Crippen LogP contribution >= 0.6 is 0 Å². The molecule has 0 unspecified atom stereocenters. The van der Waals surface area contributed by atoms with Crippen molar-refractivity contribution < 1.29 is 9.53 Å². The van der Waals surface area contributed by atoms with E-state index in [9.17, 15) is 4.79 Å². The second-order valence-corrected chi connectivity index (χ2v) is 7.73. The number of unbranched alkanes of at least 4 members (excludes halogenated alkanes) is 1. The summed E-state index contributed by atoms with van der Waals surface area (Å²) in [5, 5.41) is 0. The Morgan fingerprint density at radius 2 is 1.67 bits per heavy atom. The van der Waals surface area contributed by atoms with Crippen LogP contribution in [-0.2, 0) is 0 Å². The van der Waals surface area contributed by atoms with Gasteiger partial charge in [0.15, 0.2) is 0 Å². The van der Waals surface area contributed by atoms with Crippen molar-refractivity contribution in [1.29, 1.82) is 0 Å². The Balaban J connectivity index is 1.57. The van der Waals surface area contributed by atoms with Crippen LogP contribution in [0.25, 0.3) is 6.08 Å². The average Bonchev–Trinajstić information content (AvgIpc) is 2.70. The largest absolute Gasteiger partial charge is 0.423 e. The summed E-state index contributed by atoms with van der Waals surface area (Å²) in [6, 6.07) is 15.6. The topological polar surface area (TPSA) is 26.3 Å². The molecule has 0 atom stereocenters. The van der Waals surface area contributed by atoms with Gasteiger partial charge in [-0.25, -0.2) is 4.79 Å². The van der Waals surface area contributed by atoms with Gasteiger partial charge in [0.25, 0.3) is 0 Å². The van der Waals surface area contributed by atoms with Gasteiger partial charge in [-0.05, 0) is 66.5 Å². The Morgan fingerprint density at radius 3 is 2.30 bits per heavy atom. The minimum atomic E-state index is -0.298. The zero-order valence-corrected chi connectivity index (χ0v) is 16.5. The number of hydrogen-bond donors (Lipinski definition) is 0. The van der Waals surface area contributed by atoms with E-state index in [0.29, 0.717) is 17.2 Å². The van der Waals surface area contributed by atoms with Crippen LogP contribution in [0.15, 0.2) is 54.6 Å². The molecule has 3 rings (SSSR count). The predicted octanol–water partition coefficient (Wildman–Crippen LogP) is 7.01. The van der Waals surface area contributed by atoms with E-state index in [1.54, 1.807) is 0 Å². The third kappa shape index (κ3) is 5.56. The van der Waals surface area contributed by atoms with E-state index in [0.717, 1.165) is 24.3 Å². The third-order valence-corrected chi connectivity index (χ3v) is 5.49. The van der Waals surface area contributed by atoms with Gasteiger partial charge < -0.3 is 4.74 Å². The molecule has 0 aliphatic heterocycles. The van der Waals surface area contributed by atoms with Crippen LogP contribution in [0.3, 0.4) is 0 Å². The summed E-state index contributed by atoms with van der Waals surface area (Å²) in [5.74, 6) is 1.77. The average molecular weight is 363 g/mol. The first-order chi connectivity index (χ1) is 13.2. The van der Waals surface area contributed by atoms with Gasteiger partial charge in [0.2, 0.25) is 0 Å². The number of carbonyl (C=O) groups excluding carboxylic acids is 1. The van der Waals surface area contributed by atoms with Gasteiger partial charge in [-0.15, -0.1) is 0 Å². The second kappa shape index (κ2) is 9.55. The number of ether oxygens (including phenoxy) is 1. The standard InChI is InChI=1S/C25H30O2/c1-3-4-5-6-20-9-17-24(18-10-20)27-25(26)23-15-13-22(14-16-23)21-11-7-19(2)8-12-21/h5-6,9-10,13-19,21H,3-4,7-8,11-12H2,1-2H3/b6-5+. The lowest BCUT2D eigenvalue weighted by molar-refractivity contribution is 0.0734. The van der Waals surface area contributed by atoms with Crippen molar-refractivity contribution in [2.24, 2.45) is 5.92 Å². The molecule has 0 heterocycles. The summed E-state index contributed by atoms with van der Waals surface area (Å²) in [4.78, 5) is 12.4. The Bertz CT molecular complexity index is 748. The van der Waals surface area contributed by atoms with E-state index >= 15 is 0 Å². The van der Waals surface area contributed by atoms with Gasteiger partial charge in [-0.1, -0.05) is 69.5 Å². The van der Waals surface area contributed by atoms with Gasteiger partial charge >= 0.3 is 5.97 Å². The summed E-state index contributed by atoms with van der Waals surface area (Å²) in [7, 11) is 0. The van der Waals surface area contributed by atoms with E-state index in [1.165, 1.54) is 31.2 Å². The summed E-state index contributed by atoms with van der Waals surface area (Å²) in [6.07, 6.45) is 11.6. The Morgan fingerprint density at radius 1 is 1.00 bits per heavy atom. The Hall–Kier alpha value is -2.35. The van der Waals surface area contributed by atoms with Crippen molar-refractivity contribution in [1.82, 2.24) is 0 Å². The van der Waals surface area contributed by atoms with Crippen LogP contribution in [0.2, 0.25) is 0 Å². The summed E-state index contributed by atoms with van der Waals surface area (Å²) >= 11 is 0. The maximum atomic E-state index is 12.4. The molecule has 0 spiro atoms. The normalized spacial score (nSPS) is 19.9. The van der Waals surface area contributed by atoms with Crippen molar-refractivity contribution in [3.8, 4) is 5.75 Å². The molecule has 2 heteroatoms. The van der Waals surface area contributed by atoms with Crippen LogP contribution in [0.4, 0.5) is 0 Å². The first-order valence-corrected chi connectivity index (χ1v) is 10.2. The summed E-state index contributed by atoms with van der Waals surface area (Å²) in [5.41, 5.74) is 3.07. The second-order valence-electron chi connectivity index (χ2n) is 7.73. The SMILES string of the molecule is CCC/C=C/c1ccc(OC(=O)c2ccc(C3CCC(C)CC3)cc2)cc1. The minimum absolute atomic E-state index is 0.298. The van der Waals surface area contributed by atoms with Crippen molar-refractivity contribution >= 4 is 12.0 Å². The molecule has 0 N–H and O–H groups in total. The van der Waals surface area contributed by atoms with E-state index in [1.807, 2.05) is 36.4 Å². The zero-order chi connectivity index (χ0) is 19.1. The molecular formula is C25H30O2. The maximum Gasteiger partial charge on any atom is 0.343 e. The number of rotatable bonds is 6. The lowest BCUT2D eigenvalue weighted by Crippen LogP contribution is -2.12. The lowest BCUT2D eigenvalue weighted by Gasteiger charge is -2.26. The molecule has 1 aliphatic rings.